The third-order valence-electron chi connectivity index (χ3n) is 5.17. The molecule has 1 N–H and O–H groups in total. The van der Waals surface area contributed by atoms with Crippen LogP contribution in [0.25, 0.3) is 11.2 Å². The molecular formula is C24H23ClN4O2. The zero-order valence-corrected chi connectivity index (χ0v) is 18.0. The summed E-state index contributed by atoms with van der Waals surface area (Å²) in [6.07, 6.45) is 1.94. The minimum Gasteiger partial charge on any atom is -0.354 e. The number of aryl methyl sites for hydroxylation is 1. The lowest BCUT2D eigenvalue weighted by Gasteiger charge is -2.06. The van der Waals surface area contributed by atoms with E-state index in [1.54, 1.807) is 27.5 Å². The van der Waals surface area contributed by atoms with E-state index in [2.05, 4.69) is 10.3 Å². The summed E-state index contributed by atoms with van der Waals surface area (Å²) in [5.74, 6) is -0.105. The Morgan fingerprint density at radius 2 is 1.71 bits per heavy atom. The number of nitrogens with one attached hydrogen (secondary N) is 1. The van der Waals surface area contributed by atoms with Gasteiger partial charge in [-0.15, -0.1) is 0 Å². The number of fused-ring (bicyclic) bond motifs is 1. The van der Waals surface area contributed by atoms with Gasteiger partial charge in [0, 0.05) is 24.3 Å². The number of benzene rings is 2. The molecule has 0 spiro atoms. The van der Waals surface area contributed by atoms with Crippen LogP contribution in [-0.2, 0) is 24.3 Å². The maximum atomic E-state index is 13.1. The summed E-state index contributed by atoms with van der Waals surface area (Å²) < 4.78 is 3.34. The Kier molecular flexibility index (Phi) is 6.18. The Morgan fingerprint density at radius 3 is 2.45 bits per heavy atom. The summed E-state index contributed by atoms with van der Waals surface area (Å²) in [5, 5.41) is 3.52. The molecule has 31 heavy (non-hydrogen) atoms. The Bertz CT molecular complexity index is 1260. The van der Waals surface area contributed by atoms with Gasteiger partial charge in [-0.1, -0.05) is 53.6 Å². The molecule has 0 aliphatic carbocycles. The second-order valence-electron chi connectivity index (χ2n) is 7.51. The van der Waals surface area contributed by atoms with E-state index >= 15 is 0 Å². The Hall–Kier alpha value is -3.38. The second kappa shape index (κ2) is 9.18. The summed E-state index contributed by atoms with van der Waals surface area (Å²) in [5.41, 5.74) is 4.37. The molecule has 6 nitrogen and oxygen atoms in total. The van der Waals surface area contributed by atoms with Crippen molar-refractivity contribution in [2.75, 3.05) is 6.54 Å². The first-order valence-electron chi connectivity index (χ1n) is 10.1. The quantitative estimate of drug-likeness (QED) is 0.483. The van der Waals surface area contributed by atoms with Gasteiger partial charge in [0.1, 0.15) is 0 Å². The SMILES string of the molecule is Cc1ccc(Cn2c(=O)n(CCNC(=O)Cc3ccc(Cl)cc3)c3ncccc32)cc1. The van der Waals surface area contributed by atoms with Crippen LogP contribution < -0.4 is 11.0 Å². The molecule has 0 bridgehead atoms. The van der Waals surface area contributed by atoms with E-state index in [9.17, 15) is 9.59 Å². The number of imidazole rings is 1. The fourth-order valence-electron chi connectivity index (χ4n) is 3.53. The zero-order chi connectivity index (χ0) is 21.8. The first-order chi connectivity index (χ1) is 15.0. The Labute approximate surface area is 185 Å². The van der Waals surface area contributed by atoms with Crippen LogP contribution in [0, 0.1) is 6.92 Å². The Balaban J connectivity index is 1.48. The predicted octanol–water partition coefficient (Wildman–Crippen LogP) is 3.57. The van der Waals surface area contributed by atoms with Gasteiger partial charge >= 0.3 is 5.69 Å². The molecule has 2 heterocycles. The van der Waals surface area contributed by atoms with Crippen molar-refractivity contribution in [3.8, 4) is 0 Å². The number of amides is 1. The van der Waals surface area contributed by atoms with Gasteiger partial charge in [0.05, 0.1) is 18.5 Å². The maximum absolute atomic E-state index is 13.1. The van der Waals surface area contributed by atoms with E-state index < -0.39 is 0 Å². The maximum Gasteiger partial charge on any atom is 0.330 e. The van der Waals surface area contributed by atoms with Gasteiger partial charge in [-0.05, 0) is 42.3 Å². The van der Waals surface area contributed by atoms with Crippen LogP contribution in [0.3, 0.4) is 0 Å². The molecule has 0 unspecified atom stereocenters. The molecule has 7 heteroatoms. The van der Waals surface area contributed by atoms with Gasteiger partial charge in [0.15, 0.2) is 5.65 Å². The molecular weight excluding hydrogens is 412 g/mol. The molecule has 2 aromatic carbocycles. The lowest BCUT2D eigenvalue weighted by atomic mass is 10.1. The van der Waals surface area contributed by atoms with Gasteiger partial charge < -0.3 is 5.32 Å². The van der Waals surface area contributed by atoms with Crippen molar-refractivity contribution < 1.29 is 4.79 Å². The number of hydrogen-bond acceptors (Lipinski definition) is 3. The van der Waals surface area contributed by atoms with Crippen LogP contribution >= 0.6 is 11.6 Å². The second-order valence-corrected chi connectivity index (χ2v) is 7.94. The van der Waals surface area contributed by atoms with Gasteiger partial charge in [-0.3, -0.25) is 13.9 Å². The number of nitrogens with zero attached hydrogens (tertiary/aromatic N) is 3. The Morgan fingerprint density at radius 1 is 1.00 bits per heavy atom. The van der Waals surface area contributed by atoms with E-state index in [0.717, 1.165) is 16.6 Å². The van der Waals surface area contributed by atoms with Crippen molar-refractivity contribution in [3.63, 3.8) is 0 Å². The molecule has 2 aromatic heterocycles. The number of carbonyl (C=O) groups excluding carboxylic acids is 1. The molecule has 0 fully saturated rings. The minimum absolute atomic E-state index is 0.105. The number of hydrogen-bond donors (Lipinski definition) is 1. The van der Waals surface area contributed by atoms with Gasteiger partial charge in [0.2, 0.25) is 5.91 Å². The van der Waals surface area contributed by atoms with Crippen molar-refractivity contribution in [3.05, 3.63) is 99.1 Å². The van der Waals surface area contributed by atoms with Gasteiger partial charge in [-0.2, -0.15) is 0 Å². The topological polar surface area (TPSA) is 68.9 Å². The molecule has 4 rings (SSSR count). The number of rotatable bonds is 7. The first kappa shape index (κ1) is 20.9. The normalized spacial score (nSPS) is 11.0. The number of carbonyl (C=O) groups is 1. The molecule has 4 aromatic rings. The molecule has 0 aliphatic rings. The smallest absolute Gasteiger partial charge is 0.330 e. The first-order valence-corrected chi connectivity index (χ1v) is 10.5. The summed E-state index contributed by atoms with van der Waals surface area (Å²) in [6.45, 7) is 3.19. The third kappa shape index (κ3) is 4.86. The molecule has 158 valence electrons. The van der Waals surface area contributed by atoms with Crippen molar-refractivity contribution in [2.45, 2.75) is 26.4 Å². The summed E-state index contributed by atoms with van der Waals surface area (Å²) in [4.78, 5) is 29.8. The summed E-state index contributed by atoms with van der Waals surface area (Å²) in [6, 6.07) is 19.0. The average molecular weight is 435 g/mol. The molecule has 0 radical (unpaired) electrons. The van der Waals surface area contributed by atoms with Gasteiger partial charge in [0.25, 0.3) is 0 Å². The molecule has 0 saturated heterocycles. The fraction of sp³-hybridized carbons (Fsp3) is 0.208. The highest BCUT2D eigenvalue weighted by Crippen LogP contribution is 2.13. The van der Waals surface area contributed by atoms with Crippen LogP contribution in [0.5, 0.6) is 0 Å². The molecule has 0 atom stereocenters. The predicted molar refractivity (Wildman–Crippen MR) is 122 cm³/mol. The highest BCUT2D eigenvalue weighted by atomic mass is 35.5. The lowest BCUT2D eigenvalue weighted by Crippen LogP contribution is -2.32. The number of aromatic nitrogens is 3. The van der Waals surface area contributed by atoms with E-state index in [-0.39, 0.29) is 18.0 Å². The van der Waals surface area contributed by atoms with Crippen molar-refractivity contribution in [2.24, 2.45) is 0 Å². The highest BCUT2D eigenvalue weighted by Gasteiger charge is 2.14. The van der Waals surface area contributed by atoms with Crippen molar-refractivity contribution in [1.29, 1.82) is 0 Å². The monoisotopic (exact) mass is 434 g/mol. The van der Waals surface area contributed by atoms with Crippen LogP contribution in [-0.4, -0.2) is 26.6 Å². The third-order valence-corrected chi connectivity index (χ3v) is 5.42. The van der Waals surface area contributed by atoms with E-state index in [1.807, 2.05) is 55.5 Å². The van der Waals surface area contributed by atoms with Crippen molar-refractivity contribution in [1.82, 2.24) is 19.4 Å². The standard InChI is InChI=1S/C24H23ClN4O2/c1-17-4-6-19(7-5-17)16-29-21-3-2-12-27-23(21)28(24(29)31)14-13-26-22(30)15-18-8-10-20(25)11-9-18/h2-12H,13-16H2,1H3,(H,26,30). The zero-order valence-electron chi connectivity index (χ0n) is 17.2. The summed E-state index contributed by atoms with van der Waals surface area (Å²) in [7, 11) is 0. The average Bonchev–Trinajstić information content (AvgIpc) is 3.03. The van der Waals surface area contributed by atoms with Crippen LogP contribution in [0.2, 0.25) is 5.02 Å². The molecule has 0 aliphatic heterocycles. The minimum atomic E-state index is -0.138. The number of pyridine rings is 1. The van der Waals surface area contributed by atoms with Crippen LogP contribution in [0.15, 0.2) is 71.7 Å². The highest BCUT2D eigenvalue weighted by molar-refractivity contribution is 6.30. The van der Waals surface area contributed by atoms with Gasteiger partial charge in [-0.25, -0.2) is 9.78 Å². The van der Waals surface area contributed by atoms with E-state index in [1.165, 1.54) is 5.56 Å². The van der Waals surface area contributed by atoms with Crippen molar-refractivity contribution >= 4 is 28.7 Å². The molecule has 0 saturated carbocycles. The summed E-state index contributed by atoms with van der Waals surface area (Å²) >= 11 is 5.88. The lowest BCUT2D eigenvalue weighted by molar-refractivity contribution is -0.120. The van der Waals surface area contributed by atoms with Crippen LogP contribution in [0.1, 0.15) is 16.7 Å². The fourth-order valence-corrected chi connectivity index (χ4v) is 3.66. The van der Waals surface area contributed by atoms with E-state index in [0.29, 0.717) is 30.3 Å². The van der Waals surface area contributed by atoms with Crippen LogP contribution in [0.4, 0.5) is 0 Å². The number of halogens is 1. The largest absolute Gasteiger partial charge is 0.354 e. The van der Waals surface area contributed by atoms with E-state index in [4.69, 9.17) is 11.6 Å². The molecule has 1 amide bonds.